The Morgan fingerprint density at radius 2 is 1.71 bits per heavy atom. The molecule has 1 heterocycles. The molecule has 9 heteroatoms. The minimum Gasteiger partial charge on any atom is -0.481 e. The van der Waals surface area contributed by atoms with Crippen LogP contribution in [-0.2, 0) is 36.8 Å². The summed E-state index contributed by atoms with van der Waals surface area (Å²) in [5.74, 6) is -3.69. The second kappa shape index (κ2) is 11.7. The SMILES string of the molecule is CC(C(=O)NC(CC(=O)O)C(=O)COC(=O)Cc1cccc2ccccc12)N1CCc2ccccc2C1=O. The van der Waals surface area contributed by atoms with Gasteiger partial charge < -0.3 is 20.1 Å². The second-order valence-electron chi connectivity index (χ2n) is 9.18. The van der Waals surface area contributed by atoms with Crippen molar-refractivity contribution in [1.82, 2.24) is 10.2 Å². The zero-order chi connectivity index (χ0) is 27.2. The highest BCUT2D eigenvalue weighted by atomic mass is 16.5. The van der Waals surface area contributed by atoms with Gasteiger partial charge in [-0.05, 0) is 41.3 Å². The normalized spacial score (nSPS) is 14.3. The maximum Gasteiger partial charge on any atom is 0.310 e. The second-order valence-corrected chi connectivity index (χ2v) is 9.18. The minimum atomic E-state index is -1.42. The number of carbonyl (C=O) groups excluding carboxylic acids is 4. The van der Waals surface area contributed by atoms with Gasteiger partial charge in [-0.25, -0.2) is 0 Å². The van der Waals surface area contributed by atoms with E-state index in [0.717, 1.165) is 21.9 Å². The Balaban J connectivity index is 1.37. The lowest BCUT2D eigenvalue weighted by Crippen LogP contribution is -2.54. The zero-order valence-electron chi connectivity index (χ0n) is 20.9. The monoisotopic (exact) mass is 516 g/mol. The summed E-state index contributed by atoms with van der Waals surface area (Å²) in [6.45, 7) is 1.15. The quantitative estimate of drug-likeness (QED) is 0.396. The van der Waals surface area contributed by atoms with E-state index in [1.54, 1.807) is 18.2 Å². The Bertz CT molecular complexity index is 1400. The van der Waals surface area contributed by atoms with Crippen LogP contribution in [0.15, 0.2) is 66.7 Å². The number of hydrogen-bond donors (Lipinski definition) is 2. The number of esters is 1. The number of fused-ring (bicyclic) bond motifs is 2. The molecule has 0 bridgehead atoms. The lowest BCUT2D eigenvalue weighted by Gasteiger charge is -2.33. The average Bonchev–Trinajstić information content (AvgIpc) is 2.91. The molecule has 9 nitrogen and oxygen atoms in total. The summed E-state index contributed by atoms with van der Waals surface area (Å²) in [6, 6.07) is 17.9. The van der Waals surface area contributed by atoms with E-state index in [4.69, 9.17) is 4.74 Å². The standard InChI is InChI=1S/C29H28N2O7/c1-18(31-14-13-20-8-3-5-12-23(20)29(31)37)28(36)30-24(16-26(33)34)25(32)17-38-27(35)15-21-10-6-9-19-7-2-4-11-22(19)21/h2-12,18,24H,13-17H2,1H3,(H,30,36)(H,33,34). The van der Waals surface area contributed by atoms with Crippen LogP contribution in [0, 0.1) is 0 Å². The van der Waals surface area contributed by atoms with E-state index in [9.17, 15) is 29.1 Å². The first-order valence-corrected chi connectivity index (χ1v) is 12.3. The molecule has 3 aromatic carbocycles. The van der Waals surface area contributed by atoms with Crippen molar-refractivity contribution in [1.29, 1.82) is 0 Å². The van der Waals surface area contributed by atoms with E-state index in [0.29, 0.717) is 18.5 Å². The van der Waals surface area contributed by atoms with E-state index in [2.05, 4.69) is 5.32 Å². The lowest BCUT2D eigenvalue weighted by atomic mass is 9.97. The van der Waals surface area contributed by atoms with Gasteiger partial charge in [0.15, 0.2) is 12.4 Å². The topological polar surface area (TPSA) is 130 Å². The summed E-state index contributed by atoms with van der Waals surface area (Å²) in [5.41, 5.74) is 2.14. The Morgan fingerprint density at radius 1 is 1.00 bits per heavy atom. The molecule has 196 valence electrons. The van der Waals surface area contributed by atoms with Crippen LogP contribution in [0.4, 0.5) is 0 Å². The van der Waals surface area contributed by atoms with Crippen molar-refractivity contribution >= 4 is 40.3 Å². The van der Waals surface area contributed by atoms with Crippen molar-refractivity contribution < 1.29 is 33.8 Å². The van der Waals surface area contributed by atoms with Crippen LogP contribution in [0.25, 0.3) is 10.8 Å². The molecule has 0 radical (unpaired) electrons. The highest BCUT2D eigenvalue weighted by Crippen LogP contribution is 2.21. The molecule has 0 saturated heterocycles. The van der Waals surface area contributed by atoms with Gasteiger partial charge in [0.25, 0.3) is 5.91 Å². The third kappa shape index (κ3) is 6.05. The Morgan fingerprint density at radius 3 is 2.50 bits per heavy atom. The van der Waals surface area contributed by atoms with Gasteiger partial charge in [0.1, 0.15) is 12.1 Å². The van der Waals surface area contributed by atoms with Gasteiger partial charge in [0, 0.05) is 12.1 Å². The van der Waals surface area contributed by atoms with E-state index in [-0.39, 0.29) is 12.3 Å². The number of carbonyl (C=O) groups is 5. The molecule has 3 aromatic rings. The highest BCUT2D eigenvalue weighted by molar-refractivity contribution is 6.00. The van der Waals surface area contributed by atoms with Crippen LogP contribution >= 0.6 is 0 Å². The number of amides is 2. The molecule has 2 N–H and O–H groups in total. The Labute approximate surface area is 219 Å². The lowest BCUT2D eigenvalue weighted by molar-refractivity contribution is -0.148. The first-order valence-electron chi connectivity index (χ1n) is 12.3. The predicted molar refractivity (Wildman–Crippen MR) is 138 cm³/mol. The summed E-state index contributed by atoms with van der Waals surface area (Å²) in [6.07, 6.45) is -0.182. The predicted octanol–water partition coefficient (Wildman–Crippen LogP) is 2.54. The number of hydrogen-bond acceptors (Lipinski definition) is 6. The van der Waals surface area contributed by atoms with E-state index in [1.165, 1.54) is 11.8 Å². The molecule has 2 unspecified atom stereocenters. The summed E-state index contributed by atoms with van der Waals surface area (Å²) in [5, 5.41) is 13.6. The van der Waals surface area contributed by atoms with Crippen molar-refractivity contribution in [3.63, 3.8) is 0 Å². The van der Waals surface area contributed by atoms with Gasteiger partial charge in [0.05, 0.1) is 12.8 Å². The number of nitrogens with one attached hydrogen (secondary N) is 1. The van der Waals surface area contributed by atoms with Crippen molar-refractivity contribution in [2.75, 3.05) is 13.2 Å². The smallest absolute Gasteiger partial charge is 0.310 e. The molecule has 38 heavy (non-hydrogen) atoms. The fourth-order valence-corrected chi connectivity index (χ4v) is 4.57. The van der Waals surface area contributed by atoms with Crippen molar-refractivity contribution in [2.24, 2.45) is 0 Å². The number of carboxylic acids is 1. The molecule has 2 atom stereocenters. The number of Topliss-reactive ketones (excluding diaryl/α,β-unsaturated/α-hetero) is 1. The summed E-state index contributed by atoms with van der Waals surface area (Å²) >= 11 is 0. The number of carboxylic acid groups (broad SMARTS) is 1. The van der Waals surface area contributed by atoms with E-state index in [1.807, 2.05) is 48.5 Å². The third-order valence-electron chi connectivity index (χ3n) is 6.65. The van der Waals surface area contributed by atoms with Crippen LogP contribution < -0.4 is 5.32 Å². The van der Waals surface area contributed by atoms with Gasteiger partial charge in [0.2, 0.25) is 5.91 Å². The fraction of sp³-hybridized carbons (Fsp3) is 0.276. The van der Waals surface area contributed by atoms with E-state index < -0.39 is 48.7 Å². The molecule has 0 fully saturated rings. The van der Waals surface area contributed by atoms with Crippen LogP contribution in [0.3, 0.4) is 0 Å². The van der Waals surface area contributed by atoms with E-state index >= 15 is 0 Å². The maximum atomic E-state index is 12.9. The van der Waals surface area contributed by atoms with Gasteiger partial charge >= 0.3 is 11.9 Å². The molecule has 2 amide bonds. The fourth-order valence-electron chi connectivity index (χ4n) is 4.57. The number of benzene rings is 3. The molecule has 0 saturated carbocycles. The highest BCUT2D eigenvalue weighted by Gasteiger charge is 2.33. The number of ketones is 1. The zero-order valence-corrected chi connectivity index (χ0v) is 20.9. The van der Waals surface area contributed by atoms with Crippen LogP contribution in [0.5, 0.6) is 0 Å². The van der Waals surface area contributed by atoms with Crippen molar-refractivity contribution in [2.45, 2.75) is 38.3 Å². The van der Waals surface area contributed by atoms with Crippen molar-refractivity contribution in [3.05, 3.63) is 83.4 Å². The van der Waals surface area contributed by atoms with Gasteiger partial charge in [-0.15, -0.1) is 0 Å². The third-order valence-corrected chi connectivity index (χ3v) is 6.65. The molecule has 4 rings (SSSR count). The molecule has 1 aliphatic heterocycles. The van der Waals surface area contributed by atoms with Crippen LogP contribution in [0.2, 0.25) is 0 Å². The average molecular weight is 517 g/mol. The number of aliphatic carboxylic acids is 1. The molecular weight excluding hydrogens is 488 g/mol. The van der Waals surface area contributed by atoms with Gasteiger partial charge in [-0.3, -0.25) is 24.0 Å². The van der Waals surface area contributed by atoms with Crippen LogP contribution in [-0.4, -0.2) is 64.8 Å². The van der Waals surface area contributed by atoms with Crippen molar-refractivity contribution in [3.8, 4) is 0 Å². The molecule has 0 aliphatic carbocycles. The molecule has 0 aromatic heterocycles. The summed E-state index contributed by atoms with van der Waals surface area (Å²) in [4.78, 5) is 63.8. The summed E-state index contributed by atoms with van der Waals surface area (Å²) in [7, 11) is 0. The minimum absolute atomic E-state index is 0.0693. The number of rotatable bonds is 10. The number of ether oxygens (including phenoxy) is 1. The molecule has 0 spiro atoms. The van der Waals surface area contributed by atoms with Gasteiger partial charge in [-0.2, -0.15) is 0 Å². The molecular formula is C29H28N2O7. The molecule has 1 aliphatic rings. The first-order chi connectivity index (χ1) is 18.2. The van der Waals surface area contributed by atoms with Crippen LogP contribution in [0.1, 0.15) is 34.8 Å². The Hall–Kier alpha value is -4.53. The van der Waals surface area contributed by atoms with Gasteiger partial charge in [-0.1, -0.05) is 60.7 Å². The first kappa shape index (κ1) is 26.5. The Kier molecular flexibility index (Phi) is 8.15. The number of nitrogens with zero attached hydrogens (tertiary/aromatic N) is 1. The maximum absolute atomic E-state index is 12.9. The summed E-state index contributed by atoms with van der Waals surface area (Å²) < 4.78 is 5.14. The largest absolute Gasteiger partial charge is 0.481 e.